The second-order valence-electron chi connectivity index (χ2n) is 5.75. The molecule has 0 radical (unpaired) electrons. The zero-order valence-corrected chi connectivity index (χ0v) is 14.6. The van der Waals surface area contributed by atoms with Gasteiger partial charge in [-0.05, 0) is 39.8 Å². The number of aliphatic imine (C=N–C) groups is 1. The minimum absolute atomic E-state index is 0. The van der Waals surface area contributed by atoms with E-state index >= 15 is 0 Å². The highest BCUT2D eigenvalue weighted by Crippen LogP contribution is 2.27. The van der Waals surface area contributed by atoms with Gasteiger partial charge in [-0.25, -0.2) is 0 Å². The zero-order valence-electron chi connectivity index (χ0n) is 12.3. The van der Waals surface area contributed by atoms with Crippen molar-refractivity contribution in [3.05, 3.63) is 0 Å². The highest BCUT2D eigenvalue weighted by atomic mass is 127. The van der Waals surface area contributed by atoms with Gasteiger partial charge in [0.1, 0.15) is 0 Å². The third-order valence-electron chi connectivity index (χ3n) is 4.36. The van der Waals surface area contributed by atoms with Gasteiger partial charge in [0.25, 0.3) is 0 Å². The number of hydrogen-bond acceptors (Lipinski definition) is 3. The molecule has 0 bridgehead atoms. The number of nitrogens with two attached hydrogens (primary N) is 1. The lowest BCUT2D eigenvalue weighted by atomic mass is 9.89. The van der Waals surface area contributed by atoms with E-state index in [1.165, 1.54) is 12.8 Å². The predicted molar refractivity (Wildman–Crippen MR) is 89.2 cm³/mol. The fourth-order valence-corrected chi connectivity index (χ4v) is 2.49. The first kappa shape index (κ1) is 17.0. The highest BCUT2D eigenvalue weighted by molar-refractivity contribution is 14.0. The molecule has 0 spiro atoms. The lowest BCUT2D eigenvalue weighted by molar-refractivity contribution is -0.00260. The van der Waals surface area contributed by atoms with Crippen molar-refractivity contribution < 1.29 is 4.74 Å². The number of halogens is 1. The molecule has 6 heteroatoms. The van der Waals surface area contributed by atoms with Gasteiger partial charge in [0.15, 0.2) is 5.96 Å². The van der Waals surface area contributed by atoms with Crippen molar-refractivity contribution in [3.63, 3.8) is 0 Å². The van der Waals surface area contributed by atoms with Crippen LogP contribution < -0.4 is 5.73 Å². The summed E-state index contributed by atoms with van der Waals surface area (Å²) in [6.07, 6.45) is 4.56. The smallest absolute Gasteiger partial charge is 0.191 e. The molecule has 0 aromatic heterocycles. The minimum atomic E-state index is 0. The Kier molecular flexibility index (Phi) is 6.32. The van der Waals surface area contributed by atoms with E-state index < -0.39 is 0 Å². The van der Waals surface area contributed by atoms with E-state index in [1.807, 2.05) is 7.05 Å². The Balaban J connectivity index is 0.00000180. The molecule has 1 aliphatic heterocycles. The first-order chi connectivity index (χ1) is 8.55. The van der Waals surface area contributed by atoms with Gasteiger partial charge < -0.3 is 20.3 Å². The second-order valence-corrected chi connectivity index (χ2v) is 5.75. The van der Waals surface area contributed by atoms with Gasteiger partial charge >= 0.3 is 0 Å². The van der Waals surface area contributed by atoms with Crippen LogP contribution in [-0.4, -0.2) is 68.2 Å². The molecule has 0 unspecified atom stereocenters. The number of guanidine groups is 1. The number of ether oxygens (including phenoxy) is 1. The summed E-state index contributed by atoms with van der Waals surface area (Å²) in [4.78, 5) is 9.02. The average molecular weight is 382 g/mol. The SMILES string of the molecule is CN(C(N)=NCC1(N(C)C)CCOCC1)C1CC1.I. The molecule has 19 heavy (non-hydrogen) atoms. The van der Waals surface area contributed by atoms with Crippen LogP contribution in [0.5, 0.6) is 0 Å². The van der Waals surface area contributed by atoms with E-state index in [9.17, 15) is 0 Å². The van der Waals surface area contributed by atoms with Crippen molar-refractivity contribution in [2.75, 3.05) is 40.9 Å². The maximum Gasteiger partial charge on any atom is 0.191 e. The highest BCUT2D eigenvalue weighted by Gasteiger charge is 2.35. The van der Waals surface area contributed by atoms with Crippen molar-refractivity contribution in [2.24, 2.45) is 10.7 Å². The summed E-state index contributed by atoms with van der Waals surface area (Å²) in [6, 6.07) is 0.624. The van der Waals surface area contributed by atoms with Gasteiger partial charge in [0, 0.05) is 31.8 Å². The molecular weight excluding hydrogens is 355 g/mol. The van der Waals surface area contributed by atoms with Gasteiger partial charge in [-0.3, -0.25) is 4.99 Å². The Labute approximate surface area is 133 Å². The standard InChI is InChI=1S/C13H26N4O.HI/c1-16(2)13(6-8-18-9-7-13)10-15-12(14)17(3)11-4-5-11;/h11H,4-10H2,1-3H3,(H2,14,15);1H. The van der Waals surface area contributed by atoms with Crippen LogP contribution in [0.25, 0.3) is 0 Å². The molecule has 2 N–H and O–H groups in total. The first-order valence-corrected chi connectivity index (χ1v) is 6.83. The molecule has 0 atom stereocenters. The normalized spacial score (nSPS) is 23.1. The van der Waals surface area contributed by atoms with Crippen LogP contribution in [-0.2, 0) is 4.74 Å². The van der Waals surface area contributed by atoms with Crippen molar-refractivity contribution in [1.82, 2.24) is 9.80 Å². The fraction of sp³-hybridized carbons (Fsp3) is 0.923. The summed E-state index contributed by atoms with van der Waals surface area (Å²) in [7, 11) is 6.30. The maximum atomic E-state index is 6.06. The second kappa shape index (κ2) is 7.08. The quantitative estimate of drug-likeness (QED) is 0.450. The Morgan fingerprint density at radius 2 is 1.84 bits per heavy atom. The van der Waals surface area contributed by atoms with Crippen molar-refractivity contribution in [1.29, 1.82) is 0 Å². The summed E-state index contributed by atoms with van der Waals surface area (Å²) in [5.41, 5.74) is 6.18. The van der Waals surface area contributed by atoms with Gasteiger partial charge in [-0.1, -0.05) is 0 Å². The molecule has 5 nitrogen and oxygen atoms in total. The molecule has 1 saturated heterocycles. The van der Waals surface area contributed by atoms with Crippen LogP contribution in [0, 0.1) is 0 Å². The Morgan fingerprint density at radius 1 is 1.26 bits per heavy atom. The van der Waals surface area contributed by atoms with E-state index in [0.29, 0.717) is 12.0 Å². The molecule has 0 aromatic carbocycles. The van der Waals surface area contributed by atoms with Gasteiger partial charge in [0.2, 0.25) is 0 Å². The molecule has 1 aliphatic carbocycles. The largest absolute Gasteiger partial charge is 0.381 e. The monoisotopic (exact) mass is 382 g/mol. The van der Waals surface area contributed by atoms with Crippen molar-refractivity contribution >= 4 is 29.9 Å². The summed E-state index contributed by atoms with van der Waals surface area (Å²) in [5, 5.41) is 0. The van der Waals surface area contributed by atoms with Crippen molar-refractivity contribution in [2.45, 2.75) is 37.3 Å². The number of rotatable bonds is 4. The van der Waals surface area contributed by atoms with E-state index in [0.717, 1.165) is 32.6 Å². The van der Waals surface area contributed by atoms with Gasteiger partial charge in [-0.2, -0.15) is 0 Å². The molecule has 0 aromatic rings. The lowest BCUT2D eigenvalue weighted by Gasteiger charge is -2.41. The Hall–Kier alpha value is -0.0800. The number of hydrogen-bond donors (Lipinski definition) is 1. The number of likely N-dealkylation sites (N-methyl/N-ethyl adjacent to an activating group) is 1. The topological polar surface area (TPSA) is 54.1 Å². The molecule has 1 saturated carbocycles. The Morgan fingerprint density at radius 3 is 2.32 bits per heavy atom. The zero-order chi connectivity index (χ0) is 13.2. The van der Waals surface area contributed by atoms with Gasteiger partial charge in [-0.15, -0.1) is 24.0 Å². The fourth-order valence-electron chi connectivity index (χ4n) is 2.49. The summed E-state index contributed by atoms with van der Waals surface area (Å²) < 4.78 is 5.46. The van der Waals surface area contributed by atoms with Crippen LogP contribution >= 0.6 is 24.0 Å². The molecule has 2 fully saturated rings. The van der Waals surface area contributed by atoms with E-state index in [-0.39, 0.29) is 29.5 Å². The van der Waals surface area contributed by atoms with Gasteiger partial charge in [0.05, 0.1) is 6.54 Å². The van der Waals surface area contributed by atoms with E-state index in [4.69, 9.17) is 10.5 Å². The lowest BCUT2D eigenvalue weighted by Crippen LogP contribution is -2.51. The molecule has 2 rings (SSSR count). The maximum absolute atomic E-state index is 6.06. The average Bonchev–Trinajstić information content (AvgIpc) is 3.20. The van der Waals surface area contributed by atoms with Crippen LogP contribution in [0.15, 0.2) is 4.99 Å². The summed E-state index contributed by atoms with van der Waals surface area (Å²) in [6.45, 7) is 2.42. The number of nitrogens with zero attached hydrogens (tertiary/aromatic N) is 3. The molecule has 1 heterocycles. The predicted octanol–water partition coefficient (Wildman–Crippen LogP) is 1.12. The summed E-state index contributed by atoms with van der Waals surface area (Å²) >= 11 is 0. The van der Waals surface area contributed by atoms with Crippen LogP contribution in [0.4, 0.5) is 0 Å². The third kappa shape index (κ3) is 4.19. The Bertz CT molecular complexity index is 312. The van der Waals surface area contributed by atoms with Crippen LogP contribution in [0.3, 0.4) is 0 Å². The van der Waals surface area contributed by atoms with Crippen LogP contribution in [0.1, 0.15) is 25.7 Å². The summed E-state index contributed by atoms with van der Waals surface area (Å²) in [5.74, 6) is 0.685. The van der Waals surface area contributed by atoms with Crippen molar-refractivity contribution in [3.8, 4) is 0 Å². The van der Waals surface area contributed by atoms with E-state index in [2.05, 4.69) is 28.9 Å². The molecule has 112 valence electrons. The molecule has 0 amide bonds. The van der Waals surface area contributed by atoms with E-state index in [1.54, 1.807) is 0 Å². The minimum Gasteiger partial charge on any atom is -0.381 e. The molecule has 2 aliphatic rings. The molecular formula is C13H27IN4O. The van der Waals surface area contributed by atoms with Crippen LogP contribution in [0.2, 0.25) is 0 Å². The first-order valence-electron chi connectivity index (χ1n) is 6.83. The third-order valence-corrected chi connectivity index (χ3v) is 4.36.